The Morgan fingerprint density at radius 3 is 2.27 bits per heavy atom. The lowest BCUT2D eigenvalue weighted by molar-refractivity contribution is -0.120. The maximum atomic E-state index is 12.5. The monoisotopic (exact) mass is 352 g/mol. The first kappa shape index (κ1) is 18.4. The molecule has 1 saturated carbocycles. The molecule has 5 heteroatoms. The number of hydrogen-bond donors (Lipinski definition) is 2. The lowest BCUT2D eigenvalue weighted by Gasteiger charge is -2.28. The summed E-state index contributed by atoms with van der Waals surface area (Å²) in [5.74, 6) is 1.53. The summed E-state index contributed by atoms with van der Waals surface area (Å²) in [7, 11) is 0. The predicted molar refractivity (Wildman–Crippen MR) is 105 cm³/mol. The van der Waals surface area contributed by atoms with Crippen molar-refractivity contribution in [2.45, 2.75) is 58.4 Å². The number of benzene rings is 1. The van der Waals surface area contributed by atoms with Crippen LogP contribution in [0.25, 0.3) is 0 Å². The molecule has 1 amide bonds. The average molecular weight is 352 g/mol. The maximum absolute atomic E-state index is 12.5. The quantitative estimate of drug-likeness (QED) is 0.830. The molecule has 5 nitrogen and oxygen atoms in total. The maximum Gasteiger partial charge on any atom is 0.227 e. The van der Waals surface area contributed by atoms with E-state index in [1.807, 2.05) is 31.2 Å². The molecule has 2 N–H and O–H groups in total. The molecule has 1 aliphatic carbocycles. The van der Waals surface area contributed by atoms with Gasteiger partial charge in [-0.05, 0) is 68.4 Å². The Kier molecular flexibility index (Phi) is 5.86. The molecular weight excluding hydrogens is 324 g/mol. The zero-order valence-electron chi connectivity index (χ0n) is 15.8. The summed E-state index contributed by atoms with van der Waals surface area (Å²) in [6.45, 7) is 6.27. The third-order valence-electron chi connectivity index (χ3n) is 5.09. The fraction of sp³-hybridized carbons (Fsp3) is 0.476. The second-order valence-electron chi connectivity index (χ2n) is 7.52. The zero-order valence-corrected chi connectivity index (χ0v) is 15.8. The highest BCUT2D eigenvalue weighted by molar-refractivity contribution is 5.92. The van der Waals surface area contributed by atoms with Gasteiger partial charge in [0.25, 0.3) is 0 Å². The summed E-state index contributed by atoms with van der Waals surface area (Å²) >= 11 is 0. The van der Waals surface area contributed by atoms with Crippen molar-refractivity contribution in [2.75, 3.05) is 10.6 Å². The van der Waals surface area contributed by atoms with Gasteiger partial charge in [0, 0.05) is 17.6 Å². The number of aromatic nitrogens is 2. The van der Waals surface area contributed by atoms with Crippen LogP contribution in [0.2, 0.25) is 0 Å². The molecule has 1 heterocycles. The lowest BCUT2D eigenvalue weighted by atomic mass is 9.85. The highest BCUT2D eigenvalue weighted by Crippen LogP contribution is 2.27. The minimum absolute atomic E-state index is 0.0851. The van der Waals surface area contributed by atoms with Crippen LogP contribution in [0.3, 0.4) is 0 Å². The summed E-state index contributed by atoms with van der Waals surface area (Å²) in [5.41, 5.74) is 3.08. The largest absolute Gasteiger partial charge is 0.366 e. The van der Waals surface area contributed by atoms with E-state index in [-0.39, 0.29) is 11.8 Å². The van der Waals surface area contributed by atoms with E-state index in [9.17, 15) is 4.79 Å². The van der Waals surface area contributed by atoms with Gasteiger partial charge in [0.2, 0.25) is 5.91 Å². The number of anilines is 2. The molecule has 1 aromatic heterocycles. The first-order valence-electron chi connectivity index (χ1n) is 9.49. The first-order valence-corrected chi connectivity index (χ1v) is 9.49. The topological polar surface area (TPSA) is 66.9 Å². The van der Waals surface area contributed by atoms with Gasteiger partial charge in [-0.3, -0.25) is 4.79 Å². The Balaban J connectivity index is 1.47. The molecule has 0 atom stereocenters. The van der Waals surface area contributed by atoms with E-state index in [4.69, 9.17) is 0 Å². The van der Waals surface area contributed by atoms with Crippen LogP contribution >= 0.6 is 0 Å². The van der Waals surface area contributed by atoms with E-state index < -0.39 is 0 Å². The zero-order chi connectivity index (χ0) is 18.5. The highest BCUT2D eigenvalue weighted by Gasteiger charge is 2.26. The Morgan fingerprint density at radius 2 is 1.69 bits per heavy atom. The lowest BCUT2D eigenvalue weighted by Crippen LogP contribution is -2.32. The molecular formula is C21H28N4O. The molecule has 3 rings (SSSR count). The molecule has 1 aromatic carbocycles. The van der Waals surface area contributed by atoms with E-state index in [1.54, 1.807) is 0 Å². The summed E-state index contributed by atoms with van der Waals surface area (Å²) in [5, 5.41) is 14.7. The Labute approximate surface area is 155 Å². The highest BCUT2D eigenvalue weighted by atomic mass is 16.1. The van der Waals surface area contributed by atoms with Gasteiger partial charge in [-0.25, -0.2) is 0 Å². The molecule has 0 bridgehead atoms. The van der Waals surface area contributed by atoms with E-state index >= 15 is 0 Å². The smallest absolute Gasteiger partial charge is 0.227 e. The molecule has 0 radical (unpaired) electrons. The van der Waals surface area contributed by atoms with Crippen LogP contribution in [0.4, 0.5) is 11.5 Å². The van der Waals surface area contributed by atoms with Gasteiger partial charge in [-0.1, -0.05) is 26.0 Å². The van der Waals surface area contributed by atoms with E-state index in [2.05, 4.69) is 46.8 Å². The van der Waals surface area contributed by atoms with E-state index in [1.165, 1.54) is 5.56 Å². The van der Waals surface area contributed by atoms with Crippen LogP contribution in [0.5, 0.6) is 0 Å². The molecule has 0 aliphatic heterocycles. The van der Waals surface area contributed by atoms with Crippen molar-refractivity contribution < 1.29 is 4.79 Å². The van der Waals surface area contributed by atoms with Crippen molar-refractivity contribution in [2.24, 2.45) is 5.92 Å². The predicted octanol–water partition coefficient (Wildman–Crippen LogP) is 4.52. The van der Waals surface area contributed by atoms with Gasteiger partial charge >= 0.3 is 0 Å². The van der Waals surface area contributed by atoms with Crippen molar-refractivity contribution in [1.29, 1.82) is 0 Å². The molecule has 138 valence electrons. The summed E-state index contributed by atoms with van der Waals surface area (Å²) in [6, 6.07) is 12.4. The number of rotatable bonds is 5. The number of nitrogens with zero attached hydrogens (tertiary/aromatic N) is 2. The standard InChI is InChI=1S/C21H28N4O/c1-14(2)16-5-9-19(10-6-16)23-21(26)17-7-11-18(12-8-17)22-20-13-4-15(3)24-25-20/h4-6,9-10,13-14,17-18H,7-8,11-12H2,1-3H3,(H,22,25)(H,23,26). The van der Waals surface area contributed by atoms with Crippen LogP contribution in [0.15, 0.2) is 36.4 Å². The second kappa shape index (κ2) is 8.30. The fourth-order valence-electron chi connectivity index (χ4n) is 3.38. The summed E-state index contributed by atoms with van der Waals surface area (Å²) in [4.78, 5) is 12.5. The van der Waals surface area contributed by atoms with Gasteiger partial charge < -0.3 is 10.6 Å². The number of carbonyl (C=O) groups is 1. The van der Waals surface area contributed by atoms with E-state index in [0.717, 1.165) is 42.9 Å². The van der Waals surface area contributed by atoms with Crippen molar-refractivity contribution >= 4 is 17.4 Å². The van der Waals surface area contributed by atoms with Crippen LogP contribution in [0.1, 0.15) is 56.7 Å². The van der Waals surface area contributed by atoms with Gasteiger partial charge in [0.05, 0.1) is 5.69 Å². The number of nitrogens with one attached hydrogen (secondary N) is 2. The van der Waals surface area contributed by atoms with Crippen LogP contribution in [0, 0.1) is 12.8 Å². The Bertz CT molecular complexity index is 717. The van der Waals surface area contributed by atoms with Crippen molar-refractivity contribution in [3.05, 3.63) is 47.7 Å². The Morgan fingerprint density at radius 1 is 1.00 bits per heavy atom. The summed E-state index contributed by atoms with van der Waals surface area (Å²) in [6.07, 6.45) is 3.74. The molecule has 1 aliphatic rings. The van der Waals surface area contributed by atoms with Crippen LogP contribution in [-0.2, 0) is 4.79 Å². The minimum atomic E-state index is 0.0851. The third kappa shape index (κ3) is 4.81. The first-order chi connectivity index (χ1) is 12.5. The average Bonchev–Trinajstić information content (AvgIpc) is 2.64. The molecule has 0 spiro atoms. The van der Waals surface area contributed by atoms with E-state index in [0.29, 0.717) is 12.0 Å². The number of amides is 1. The molecule has 26 heavy (non-hydrogen) atoms. The number of carbonyl (C=O) groups excluding carboxylic acids is 1. The number of aryl methyl sites for hydroxylation is 1. The SMILES string of the molecule is Cc1ccc(NC2CCC(C(=O)Nc3ccc(C(C)C)cc3)CC2)nn1. The molecule has 0 unspecified atom stereocenters. The molecule has 2 aromatic rings. The Hall–Kier alpha value is -2.43. The third-order valence-corrected chi connectivity index (χ3v) is 5.09. The van der Waals surface area contributed by atoms with Gasteiger partial charge in [0.1, 0.15) is 5.82 Å². The van der Waals surface area contributed by atoms with Crippen LogP contribution in [-0.4, -0.2) is 22.1 Å². The van der Waals surface area contributed by atoms with Gasteiger partial charge in [-0.15, -0.1) is 5.10 Å². The van der Waals surface area contributed by atoms with Gasteiger partial charge in [0.15, 0.2) is 0 Å². The normalized spacial score (nSPS) is 20.0. The summed E-state index contributed by atoms with van der Waals surface area (Å²) < 4.78 is 0. The minimum Gasteiger partial charge on any atom is -0.366 e. The van der Waals surface area contributed by atoms with Crippen molar-refractivity contribution in [3.8, 4) is 0 Å². The second-order valence-corrected chi connectivity index (χ2v) is 7.52. The van der Waals surface area contributed by atoms with Crippen molar-refractivity contribution in [3.63, 3.8) is 0 Å². The molecule has 0 saturated heterocycles. The van der Waals surface area contributed by atoms with Gasteiger partial charge in [-0.2, -0.15) is 5.10 Å². The van der Waals surface area contributed by atoms with Crippen molar-refractivity contribution in [1.82, 2.24) is 10.2 Å². The number of hydrogen-bond acceptors (Lipinski definition) is 4. The fourth-order valence-corrected chi connectivity index (χ4v) is 3.38. The van der Waals surface area contributed by atoms with Crippen LogP contribution < -0.4 is 10.6 Å². The molecule has 1 fully saturated rings.